The first-order chi connectivity index (χ1) is 45.8. The van der Waals surface area contributed by atoms with Gasteiger partial charge < -0.3 is 87.5 Å². The van der Waals surface area contributed by atoms with E-state index in [-0.39, 0.29) is 59.6 Å². The third kappa shape index (κ3) is 10.1. The van der Waals surface area contributed by atoms with Crippen LogP contribution in [-0.2, 0) is 78.1 Å². The van der Waals surface area contributed by atoms with Crippen molar-refractivity contribution in [1.29, 1.82) is 0 Å². The Labute approximate surface area is 551 Å². The van der Waals surface area contributed by atoms with E-state index in [9.17, 15) is 30.6 Å². The summed E-state index contributed by atoms with van der Waals surface area (Å²) in [6.07, 6.45) is 11.3. The number of phenols is 3. The fraction of sp³-hybridized carbons (Fsp3) is 0.671. The second-order valence-corrected chi connectivity index (χ2v) is 28.7. The molecular formula is C73H97N3O18. The monoisotopic (exact) mass is 1300 g/mol. The molecule has 3 aromatic carbocycles. The number of aromatic hydroxyl groups is 3. The van der Waals surface area contributed by atoms with E-state index in [1.54, 1.807) is 18.2 Å². The molecule has 0 radical (unpaired) electrons. The van der Waals surface area contributed by atoms with Crippen LogP contribution in [0.5, 0.6) is 34.5 Å². The zero-order valence-electron chi connectivity index (χ0n) is 54.3. The third-order valence-corrected chi connectivity index (χ3v) is 24.5. The molecule has 6 bridgehead atoms. The van der Waals surface area contributed by atoms with E-state index >= 15 is 0 Å². The first-order valence-electron chi connectivity index (χ1n) is 34.9. The van der Waals surface area contributed by atoms with Gasteiger partial charge in [-0.25, -0.2) is 0 Å². The number of rotatable bonds is 33. The van der Waals surface area contributed by atoms with Gasteiger partial charge in [0.05, 0.1) is 150 Å². The zero-order valence-corrected chi connectivity index (χ0v) is 54.3. The van der Waals surface area contributed by atoms with E-state index < -0.39 is 51.4 Å². The van der Waals surface area contributed by atoms with Gasteiger partial charge in [0.2, 0.25) is 0 Å². The number of benzene rings is 3. The normalized spacial score (nSPS) is 36.0. The van der Waals surface area contributed by atoms with E-state index in [2.05, 4.69) is 34.4 Å². The predicted octanol–water partition coefficient (Wildman–Crippen LogP) is 5.10. The summed E-state index contributed by atoms with van der Waals surface area (Å²) in [5.74, 6) is 1.68. The quantitative estimate of drug-likeness (QED) is 0.0344. The number of likely N-dealkylation sites (tertiary alicyclic amines) is 3. The van der Waals surface area contributed by atoms with Crippen LogP contribution in [0, 0.1) is 5.92 Å². The molecule has 6 heterocycles. The Morgan fingerprint density at radius 1 is 0.415 bits per heavy atom. The molecule has 16 atom stereocenters. The minimum atomic E-state index is -1.02. The van der Waals surface area contributed by atoms with Crippen LogP contribution >= 0.6 is 0 Å². The average Bonchev–Trinajstić information content (AvgIpc) is 1.42. The van der Waals surface area contributed by atoms with Gasteiger partial charge >= 0.3 is 0 Å². The highest BCUT2D eigenvalue weighted by atomic mass is 16.6. The van der Waals surface area contributed by atoms with Crippen molar-refractivity contribution in [3.63, 3.8) is 0 Å². The van der Waals surface area contributed by atoms with Gasteiger partial charge in [-0.2, -0.15) is 0 Å². The summed E-state index contributed by atoms with van der Waals surface area (Å²) < 4.78 is 76.4. The Morgan fingerprint density at radius 2 is 0.702 bits per heavy atom. The highest BCUT2D eigenvalue weighted by Crippen LogP contribution is 2.69. The molecule has 21 nitrogen and oxygen atoms in total. The molecule has 0 aromatic heterocycles. The van der Waals surface area contributed by atoms with Gasteiger partial charge in [-0.3, -0.25) is 14.7 Å². The van der Waals surface area contributed by atoms with Gasteiger partial charge in [-0.1, -0.05) is 36.4 Å². The minimum Gasteiger partial charge on any atom is -0.504 e. The summed E-state index contributed by atoms with van der Waals surface area (Å²) in [6.45, 7) is 21.7. The van der Waals surface area contributed by atoms with Gasteiger partial charge in [0.1, 0.15) is 18.3 Å². The van der Waals surface area contributed by atoms with Crippen LogP contribution in [0.1, 0.15) is 91.2 Å². The van der Waals surface area contributed by atoms with Crippen molar-refractivity contribution >= 4 is 0 Å². The number of piperidine rings is 3. The lowest BCUT2D eigenvalue weighted by Gasteiger charge is -2.64. The molecule has 94 heavy (non-hydrogen) atoms. The van der Waals surface area contributed by atoms with Crippen molar-refractivity contribution in [2.45, 2.75) is 165 Å². The Hall–Kier alpha value is -4.92. The summed E-state index contributed by atoms with van der Waals surface area (Å²) >= 11 is 0. The smallest absolute Gasteiger partial charge is 0.165 e. The molecule has 15 rings (SSSR count). The first kappa shape index (κ1) is 65.0. The topological polar surface area (TPSA) is 242 Å². The van der Waals surface area contributed by atoms with E-state index in [0.29, 0.717) is 213 Å². The molecular weight excluding hydrogens is 1210 g/mol. The summed E-state index contributed by atoms with van der Waals surface area (Å²) in [7, 11) is 0. The summed E-state index contributed by atoms with van der Waals surface area (Å²) in [5, 5.41) is 71.3. The van der Waals surface area contributed by atoms with E-state index in [0.717, 1.165) is 53.0 Å². The molecule has 6 aliphatic heterocycles. The number of aliphatic hydroxyl groups is 3. The Morgan fingerprint density at radius 3 is 1.00 bits per heavy atom. The second kappa shape index (κ2) is 26.1. The number of nitrogens with zero attached hydrogens (tertiary/aromatic N) is 3. The molecule has 6 aliphatic carbocycles. The van der Waals surface area contributed by atoms with E-state index in [1.165, 1.54) is 0 Å². The second-order valence-electron chi connectivity index (χ2n) is 28.7. The summed E-state index contributed by atoms with van der Waals surface area (Å²) in [6, 6.07) is 10.9. The Kier molecular flexibility index (Phi) is 18.0. The Balaban J connectivity index is 0.512. The van der Waals surface area contributed by atoms with Crippen LogP contribution in [0.15, 0.2) is 74.4 Å². The van der Waals surface area contributed by atoms with Crippen molar-refractivity contribution in [2.24, 2.45) is 5.92 Å². The van der Waals surface area contributed by atoms with Crippen LogP contribution in [0.4, 0.5) is 0 Å². The third-order valence-electron chi connectivity index (χ3n) is 24.5. The van der Waals surface area contributed by atoms with E-state index in [1.807, 2.05) is 36.4 Å². The fourth-order valence-corrected chi connectivity index (χ4v) is 20.8. The van der Waals surface area contributed by atoms with Gasteiger partial charge in [-0.15, -0.1) is 19.7 Å². The van der Waals surface area contributed by atoms with Crippen LogP contribution in [0.3, 0.4) is 0 Å². The molecule has 21 heteroatoms. The SMILES string of the molecule is C=CCN1CC[C@]23c4c5ccc(O)c4OC2C(OCCOCCOCC(COCCOCCOC2CC[C@@]4(O)C6Cc7ccc(O)c8c7[C@@]4(CCN6CC=C)[C@H]2O8)COCCOCCO[C@H]2CC[C@@]4(O)C6Cc7ccc(O)c8c7[C@@]4(CCN6CC=C)C2O8)CC[C@@]3(O)C1C5. The highest BCUT2D eigenvalue weighted by Gasteiger charge is 2.76. The van der Waals surface area contributed by atoms with E-state index in [4.69, 9.17) is 56.8 Å². The van der Waals surface area contributed by atoms with Gasteiger partial charge in [0.15, 0.2) is 34.5 Å². The molecule has 3 aromatic rings. The minimum absolute atomic E-state index is 0.0819. The maximum atomic E-state index is 12.7. The van der Waals surface area contributed by atoms with Gasteiger partial charge in [-0.05, 0) is 132 Å². The largest absolute Gasteiger partial charge is 0.504 e. The van der Waals surface area contributed by atoms with Crippen molar-refractivity contribution in [2.75, 3.05) is 138 Å². The average molecular weight is 1300 g/mol. The molecule has 0 amide bonds. The lowest BCUT2D eigenvalue weighted by molar-refractivity contribution is -0.215. The number of phenolic OH excluding ortho intramolecular Hbond substituents is 3. The molecule has 3 spiro atoms. The lowest BCUT2D eigenvalue weighted by Crippen LogP contribution is -2.77. The maximum absolute atomic E-state index is 12.7. The molecule has 12 aliphatic rings. The van der Waals surface area contributed by atoms with Crippen LogP contribution in [0.25, 0.3) is 0 Å². The lowest BCUT2D eigenvalue weighted by atomic mass is 9.48. The molecule has 6 N–H and O–H groups in total. The maximum Gasteiger partial charge on any atom is 0.165 e. The Bertz CT molecular complexity index is 2960. The number of hydrogen-bond acceptors (Lipinski definition) is 21. The molecule has 3 saturated carbocycles. The molecule has 8 unspecified atom stereocenters. The molecule has 3 saturated heterocycles. The molecule has 512 valence electrons. The van der Waals surface area contributed by atoms with Crippen molar-refractivity contribution in [3.8, 4) is 34.5 Å². The summed E-state index contributed by atoms with van der Waals surface area (Å²) in [5.41, 5.74) is 1.14. The van der Waals surface area contributed by atoms with Crippen LogP contribution in [-0.4, -0.2) is 255 Å². The van der Waals surface area contributed by atoms with Gasteiger partial charge in [0.25, 0.3) is 0 Å². The predicted molar refractivity (Wildman–Crippen MR) is 344 cm³/mol. The highest BCUT2D eigenvalue weighted by molar-refractivity contribution is 5.65. The van der Waals surface area contributed by atoms with Crippen molar-refractivity contribution in [3.05, 3.63) is 108 Å². The van der Waals surface area contributed by atoms with Crippen molar-refractivity contribution in [1.82, 2.24) is 14.7 Å². The zero-order chi connectivity index (χ0) is 64.6. The molecule has 6 fully saturated rings. The fourth-order valence-electron chi connectivity index (χ4n) is 20.8. The number of hydrogen-bond donors (Lipinski definition) is 6. The number of ether oxygens (including phenoxy) is 12. The van der Waals surface area contributed by atoms with Crippen LogP contribution < -0.4 is 14.2 Å². The van der Waals surface area contributed by atoms with Crippen molar-refractivity contribution < 1.29 is 87.5 Å². The van der Waals surface area contributed by atoms with Gasteiger partial charge in [0, 0.05) is 60.4 Å². The standard InChI is InChI=1S/C73H97N3O18/c1-4-22-74-25-19-68-59-47-7-10-50(77)62(59)92-65(68)53(13-16-71(68,80)56(74)40-47)89-37-34-83-28-31-86-43-46(44-87-32-29-84-35-38-90-54-14-17-72(81)57-41-48-8-11-51(78)63-60(48)69(72,66(54)93-63)20-26-75(57)23-5-2)45-88-33-30-85-36-39-91-55-15-18-73(82)58-42-49-9-12-52(79)64-61(49)70(73,67(55)94-64)21-27-76(58)24-6-3/h4-12,46,53-58,65-67,77-82H,1-3,13-45H2/t46?,53-,54?,55?,56?,57?,58?,65?,66-,67?,68-,69-,70-,71+,72+,73+/m0/s1. The van der Waals surface area contributed by atoms with Crippen LogP contribution in [0.2, 0.25) is 0 Å². The first-order valence-corrected chi connectivity index (χ1v) is 34.9. The summed E-state index contributed by atoms with van der Waals surface area (Å²) in [4.78, 5) is 7.04.